The third kappa shape index (κ3) is 6.95. The number of hydrogen-bond donors (Lipinski definition) is 0. The minimum Gasteiger partial charge on any atom is -0.456 e. The van der Waals surface area contributed by atoms with Gasteiger partial charge in [0.1, 0.15) is 11.2 Å². The van der Waals surface area contributed by atoms with E-state index in [1.807, 2.05) is 30.3 Å². The number of fused-ring (bicyclic) bond motifs is 4. The van der Waals surface area contributed by atoms with Crippen molar-refractivity contribution < 1.29 is 4.42 Å². The molecule has 0 saturated carbocycles. The summed E-state index contributed by atoms with van der Waals surface area (Å²) in [7, 11) is 0. The smallest absolute Gasteiger partial charge is 0.164 e. The van der Waals surface area contributed by atoms with Crippen LogP contribution in [0, 0.1) is 0 Å². The number of hydrogen-bond acceptors (Lipinski definition) is 4. The van der Waals surface area contributed by atoms with Crippen molar-refractivity contribution in [2.75, 3.05) is 0 Å². The Labute approximate surface area is 376 Å². The summed E-state index contributed by atoms with van der Waals surface area (Å²) in [4.78, 5) is 15.7. The molecular weight excluding hydrogens is 791 g/mol. The fourth-order valence-corrected chi connectivity index (χ4v) is 9.30. The lowest BCUT2D eigenvalue weighted by Crippen LogP contribution is -2.01. The third-order valence-electron chi connectivity index (χ3n) is 12.3. The Morgan fingerprint density at radius 1 is 0.262 bits per heavy atom. The molecule has 0 saturated heterocycles. The molecule has 0 aliphatic carbocycles. The number of benzene rings is 10. The van der Waals surface area contributed by atoms with Gasteiger partial charge in [0.25, 0.3) is 0 Å². The zero-order chi connectivity index (χ0) is 43.1. The van der Waals surface area contributed by atoms with Crippen molar-refractivity contribution in [1.29, 1.82) is 0 Å². The van der Waals surface area contributed by atoms with Crippen molar-refractivity contribution in [1.82, 2.24) is 15.0 Å². The van der Waals surface area contributed by atoms with Crippen LogP contribution in [-0.4, -0.2) is 15.0 Å². The number of aromatic nitrogens is 3. The molecule has 12 aromatic rings. The van der Waals surface area contributed by atoms with Gasteiger partial charge in [0.05, 0.1) is 0 Å². The van der Waals surface area contributed by atoms with Crippen molar-refractivity contribution in [2.45, 2.75) is 0 Å². The largest absolute Gasteiger partial charge is 0.456 e. The molecule has 65 heavy (non-hydrogen) atoms. The van der Waals surface area contributed by atoms with Gasteiger partial charge in [-0.25, -0.2) is 15.0 Å². The minimum atomic E-state index is 0.585. The van der Waals surface area contributed by atoms with Gasteiger partial charge in [0.2, 0.25) is 0 Å². The first kappa shape index (κ1) is 38.0. The van der Waals surface area contributed by atoms with E-state index in [0.29, 0.717) is 17.5 Å². The minimum absolute atomic E-state index is 0.585. The summed E-state index contributed by atoms with van der Waals surface area (Å²) in [5, 5.41) is 4.29. The fraction of sp³-hybridized carbons (Fsp3) is 0. The van der Waals surface area contributed by atoms with Gasteiger partial charge in [-0.2, -0.15) is 0 Å². The first-order chi connectivity index (χ1) is 32.2. The van der Waals surface area contributed by atoms with Crippen LogP contribution in [-0.2, 0) is 0 Å². The highest BCUT2D eigenvalue weighted by Gasteiger charge is 2.24. The molecule has 4 heteroatoms. The van der Waals surface area contributed by atoms with Gasteiger partial charge < -0.3 is 4.42 Å². The normalized spacial score (nSPS) is 11.4. The highest BCUT2D eigenvalue weighted by molar-refractivity contribution is 6.12. The maximum atomic E-state index is 6.32. The van der Waals surface area contributed by atoms with Gasteiger partial charge >= 0.3 is 0 Å². The van der Waals surface area contributed by atoms with Gasteiger partial charge in [0, 0.05) is 27.5 Å². The van der Waals surface area contributed by atoms with Crippen LogP contribution < -0.4 is 0 Å². The van der Waals surface area contributed by atoms with E-state index in [9.17, 15) is 0 Å². The number of rotatable bonds is 8. The Kier molecular flexibility index (Phi) is 9.46. The Bertz CT molecular complexity index is 3680. The second kappa shape index (κ2) is 16.2. The summed E-state index contributed by atoms with van der Waals surface area (Å²) in [5.41, 5.74) is 15.9. The average Bonchev–Trinajstić information content (AvgIpc) is 3.78. The SMILES string of the molecule is c1ccc(-c2cc(-c3ccc(-c4nc(-c5ccc6ccccc6c5)nc(-c5cccc6oc7ccccc7c56)n4)cc3)c(-c3ccccc3)c(-c3ccccc3)c2-c2ccccc2)cc1. The Morgan fingerprint density at radius 2 is 0.723 bits per heavy atom. The average molecular weight is 830 g/mol. The summed E-state index contributed by atoms with van der Waals surface area (Å²) in [6.45, 7) is 0. The lowest BCUT2D eigenvalue weighted by Gasteiger charge is -2.24. The van der Waals surface area contributed by atoms with Crippen LogP contribution in [0.2, 0.25) is 0 Å². The van der Waals surface area contributed by atoms with E-state index < -0.39 is 0 Å². The fourth-order valence-electron chi connectivity index (χ4n) is 9.30. The molecule has 0 N–H and O–H groups in total. The number of nitrogens with zero attached hydrogens (tertiary/aromatic N) is 3. The second-order valence-electron chi connectivity index (χ2n) is 16.3. The van der Waals surface area contributed by atoms with Crippen LogP contribution in [0.25, 0.3) is 123 Å². The standard InChI is InChI=1S/C61H39N3O/c1-5-19-41(20-6-1)51-39-52(56(44-23-9-3-10-24-44)57(45-25-11-4-12-26-45)55(51)43-21-7-2-8-22-43)42-33-35-46(36-34-42)59-62-60(48-37-32-40-18-13-14-27-47(40)38-48)64-61(63-59)50-29-17-31-54-58(50)49-28-15-16-30-53(49)65-54/h1-39H. The Morgan fingerprint density at radius 3 is 1.37 bits per heavy atom. The zero-order valence-electron chi connectivity index (χ0n) is 35.3. The number of para-hydroxylation sites is 1. The van der Waals surface area contributed by atoms with Gasteiger partial charge in [-0.3, -0.25) is 0 Å². The Balaban J connectivity index is 1.08. The van der Waals surface area contributed by atoms with Crippen molar-refractivity contribution in [3.05, 3.63) is 237 Å². The van der Waals surface area contributed by atoms with Gasteiger partial charge in [-0.1, -0.05) is 212 Å². The molecule has 10 aromatic carbocycles. The van der Waals surface area contributed by atoms with E-state index in [4.69, 9.17) is 19.4 Å². The summed E-state index contributed by atoms with van der Waals surface area (Å²) in [6, 6.07) is 83.3. The second-order valence-corrected chi connectivity index (χ2v) is 16.3. The van der Waals surface area contributed by atoms with E-state index >= 15 is 0 Å². The van der Waals surface area contributed by atoms with E-state index in [0.717, 1.165) is 88.3 Å². The van der Waals surface area contributed by atoms with E-state index in [-0.39, 0.29) is 0 Å². The molecule has 0 fully saturated rings. The summed E-state index contributed by atoms with van der Waals surface area (Å²) < 4.78 is 6.32. The van der Waals surface area contributed by atoms with Crippen molar-refractivity contribution in [3.8, 4) is 89.8 Å². The predicted molar refractivity (Wildman–Crippen MR) is 268 cm³/mol. The molecule has 0 spiro atoms. The summed E-state index contributed by atoms with van der Waals surface area (Å²) in [5.74, 6) is 1.78. The molecule has 0 bridgehead atoms. The van der Waals surface area contributed by atoms with Gasteiger partial charge in [0.15, 0.2) is 17.5 Å². The quantitative estimate of drug-likeness (QED) is 0.153. The molecule has 0 radical (unpaired) electrons. The lowest BCUT2D eigenvalue weighted by atomic mass is 9.79. The van der Waals surface area contributed by atoms with Crippen LogP contribution in [0.3, 0.4) is 0 Å². The monoisotopic (exact) mass is 829 g/mol. The van der Waals surface area contributed by atoms with E-state index in [2.05, 4.69) is 206 Å². The molecule has 304 valence electrons. The molecule has 0 amide bonds. The third-order valence-corrected chi connectivity index (χ3v) is 12.3. The molecule has 0 aliphatic heterocycles. The molecule has 0 aliphatic rings. The van der Waals surface area contributed by atoms with Crippen LogP contribution in [0.5, 0.6) is 0 Å². The zero-order valence-corrected chi connectivity index (χ0v) is 35.3. The Hall–Kier alpha value is -8.73. The molecule has 4 nitrogen and oxygen atoms in total. The predicted octanol–water partition coefficient (Wildman–Crippen LogP) is 16.3. The van der Waals surface area contributed by atoms with E-state index in [1.54, 1.807) is 0 Å². The van der Waals surface area contributed by atoms with Gasteiger partial charge in [-0.05, 0) is 90.7 Å². The highest BCUT2D eigenvalue weighted by atomic mass is 16.3. The van der Waals surface area contributed by atoms with Crippen molar-refractivity contribution >= 4 is 32.7 Å². The summed E-state index contributed by atoms with van der Waals surface area (Å²) in [6.07, 6.45) is 0. The highest BCUT2D eigenvalue weighted by Crippen LogP contribution is 2.50. The molecule has 2 heterocycles. The topological polar surface area (TPSA) is 51.8 Å². The van der Waals surface area contributed by atoms with E-state index in [1.165, 1.54) is 16.7 Å². The maximum Gasteiger partial charge on any atom is 0.164 e. The molecule has 0 atom stereocenters. The van der Waals surface area contributed by atoms with Crippen LogP contribution in [0.4, 0.5) is 0 Å². The molecule has 2 aromatic heterocycles. The van der Waals surface area contributed by atoms with Crippen molar-refractivity contribution in [3.63, 3.8) is 0 Å². The summed E-state index contributed by atoms with van der Waals surface area (Å²) >= 11 is 0. The molecular formula is C61H39N3O. The lowest BCUT2D eigenvalue weighted by molar-refractivity contribution is 0.669. The first-order valence-corrected chi connectivity index (χ1v) is 21.9. The molecule has 0 unspecified atom stereocenters. The van der Waals surface area contributed by atoms with Gasteiger partial charge in [-0.15, -0.1) is 0 Å². The van der Waals surface area contributed by atoms with Crippen molar-refractivity contribution in [2.24, 2.45) is 0 Å². The maximum absolute atomic E-state index is 6.32. The number of furan rings is 1. The van der Waals surface area contributed by atoms with Crippen LogP contribution >= 0.6 is 0 Å². The molecule has 12 rings (SSSR count). The van der Waals surface area contributed by atoms with Crippen LogP contribution in [0.15, 0.2) is 241 Å². The van der Waals surface area contributed by atoms with Crippen LogP contribution in [0.1, 0.15) is 0 Å². The first-order valence-electron chi connectivity index (χ1n) is 21.9.